The molecule has 148 valence electrons. The van der Waals surface area contributed by atoms with Gasteiger partial charge in [0.1, 0.15) is 0 Å². The molecule has 0 saturated carbocycles. The summed E-state index contributed by atoms with van der Waals surface area (Å²) in [6.07, 6.45) is 6.53. The third kappa shape index (κ3) is 3.98. The predicted molar refractivity (Wildman–Crippen MR) is 110 cm³/mol. The number of methoxy groups -OCH3 is 3. The second-order valence-corrected chi connectivity index (χ2v) is 6.85. The number of benzene rings is 2. The molecule has 0 radical (unpaired) electrons. The molecular weight excluding hydrogens is 354 g/mol. The Labute approximate surface area is 166 Å². The minimum absolute atomic E-state index is 0.0320. The third-order valence-corrected chi connectivity index (χ3v) is 5.26. The summed E-state index contributed by atoms with van der Waals surface area (Å²) in [6, 6.07) is 12.1. The van der Waals surface area contributed by atoms with Gasteiger partial charge < -0.3 is 19.1 Å². The second-order valence-electron chi connectivity index (χ2n) is 6.85. The number of aryl methyl sites for hydroxylation is 1. The van der Waals surface area contributed by atoms with Crippen LogP contribution in [0.15, 0.2) is 42.5 Å². The molecule has 5 nitrogen and oxygen atoms in total. The van der Waals surface area contributed by atoms with E-state index in [1.54, 1.807) is 33.5 Å². The lowest BCUT2D eigenvalue weighted by Gasteiger charge is -2.32. The van der Waals surface area contributed by atoms with Crippen LogP contribution in [0.2, 0.25) is 0 Å². The van der Waals surface area contributed by atoms with Crippen molar-refractivity contribution in [2.24, 2.45) is 0 Å². The van der Waals surface area contributed by atoms with Crippen LogP contribution in [0.4, 0.5) is 0 Å². The first-order valence-corrected chi connectivity index (χ1v) is 9.41. The zero-order chi connectivity index (χ0) is 20.1. The van der Waals surface area contributed by atoms with Gasteiger partial charge in [-0.1, -0.05) is 24.3 Å². The molecule has 1 atom stereocenters. The highest BCUT2D eigenvalue weighted by Crippen LogP contribution is 2.38. The summed E-state index contributed by atoms with van der Waals surface area (Å²) in [5.74, 6) is 1.62. The quantitative estimate of drug-likeness (QED) is 0.702. The summed E-state index contributed by atoms with van der Waals surface area (Å²) < 4.78 is 16.1. The lowest BCUT2D eigenvalue weighted by molar-refractivity contribution is -0.127. The van der Waals surface area contributed by atoms with Crippen molar-refractivity contribution in [2.45, 2.75) is 25.3 Å². The van der Waals surface area contributed by atoms with Crippen molar-refractivity contribution in [1.29, 1.82) is 0 Å². The largest absolute Gasteiger partial charge is 0.493 e. The smallest absolute Gasteiger partial charge is 0.246 e. The molecule has 2 aromatic carbocycles. The molecule has 1 aliphatic carbocycles. The predicted octanol–water partition coefficient (Wildman–Crippen LogP) is 4.26. The van der Waals surface area contributed by atoms with E-state index in [4.69, 9.17) is 14.2 Å². The van der Waals surface area contributed by atoms with Crippen LogP contribution in [0.3, 0.4) is 0 Å². The highest BCUT2D eigenvalue weighted by atomic mass is 16.5. The van der Waals surface area contributed by atoms with E-state index in [9.17, 15) is 4.79 Å². The Bertz CT molecular complexity index is 850. The number of hydrogen-bond acceptors (Lipinski definition) is 4. The summed E-state index contributed by atoms with van der Waals surface area (Å²) in [7, 11) is 6.58. The van der Waals surface area contributed by atoms with Gasteiger partial charge in [-0.15, -0.1) is 0 Å². The Balaban J connectivity index is 1.81. The molecule has 0 saturated heterocycles. The average molecular weight is 381 g/mol. The summed E-state index contributed by atoms with van der Waals surface area (Å²) in [6.45, 7) is 0. The molecular formula is C23H27NO4. The van der Waals surface area contributed by atoms with E-state index in [0.29, 0.717) is 17.2 Å². The van der Waals surface area contributed by atoms with Crippen LogP contribution in [-0.4, -0.2) is 39.2 Å². The molecule has 1 unspecified atom stereocenters. The molecule has 5 heteroatoms. The topological polar surface area (TPSA) is 48.0 Å². The first-order chi connectivity index (χ1) is 13.6. The Morgan fingerprint density at radius 1 is 1.07 bits per heavy atom. The fourth-order valence-corrected chi connectivity index (χ4v) is 3.77. The van der Waals surface area contributed by atoms with Gasteiger partial charge >= 0.3 is 0 Å². The lowest BCUT2D eigenvalue weighted by Crippen LogP contribution is -2.32. The number of rotatable bonds is 6. The zero-order valence-electron chi connectivity index (χ0n) is 16.9. The van der Waals surface area contributed by atoms with Crippen LogP contribution in [0.5, 0.6) is 17.2 Å². The molecule has 1 aliphatic rings. The highest BCUT2D eigenvalue weighted by Gasteiger charge is 2.25. The Morgan fingerprint density at radius 2 is 1.75 bits per heavy atom. The molecule has 0 aliphatic heterocycles. The first kappa shape index (κ1) is 19.8. The van der Waals surface area contributed by atoms with E-state index < -0.39 is 0 Å². The standard InChI is InChI=1S/C23H27NO4/c1-24(19-11-7-9-17-8-5-6-10-18(17)19)22(25)13-12-16-14-20(26-2)23(28-4)21(15-16)27-3/h5-6,8,10,12-15,19H,7,9,11H2,1-4H3. The SMILES string of the molecule is COc1cc(C=CC(=O)N(C)C2CCCc3ccccc32)cc(OC)c1OC. The van der Waals surface area contributed by atoms with Gasteiger partial charge in [0.25, 0.3) is 0 Å². The number of hydrogen-bond donors (Lipinski definition) is 0. The molecule has 0 spiro atoms. The van der Waals surface area contributed by atoms with Gasteiger partial charge in [0.05, 0.1) is 27.4 Å². The number of nitrogens with zero attached hydrogens (tertiary/aromatic N) is 1. The molecule has 0 heterocycles. The van der Waals surface area contributed by atoms with E-state index in [1.807, 2.05) is 30.1 Å². The first-order valence-electron chi connectivity index (χ1n) is 9.41. The Kier molecular flexibility index (Phi) is 6.24. The van der Waals surface area contributed by atoms with Crippen molar-refractivity contribution < 1.29 is 19.0 Å². The number of ether oxygens (including phenoxy) is 3. The Morgan fingerprint density at radius 3 is 2.39 bits per heavy atom. The maximum Gasteiger partial charge on any atom is 0.246 e. The number of carbonyl (C=O) groups is 1. The fraction of sp³-hybridized carbons (Fsp3) is 0.348. The fourth-order valence-electron chi connectivity index (χ4n) is 3.77. The van der Waals surface area contributed by atoms with E-state index >= 15 is 0 Å². The van der Waals surface area contributed by atoms with Crippen molar-refractivity contribution >= 4 is 12.0 Å². The molecule has 1 amide bonds. The van der Waals surface area contributed by atoms with E-state index in [-0.39, 0.29) is 11.9 Å². The molecule has 28 heavy (non-hydrogen) atoms. The zero-order valence-corrected chi connectivity index (χ0v) is 16.9. The molecule has 2 aromatic rings. The van der Waals surface area contributed by atoms with Crippen LogP contribution in [0.1, 0.15) is 35.6 Å². The van der Waals surface area contributed by atoms with Crippen LogP contribution in [0, 0.1) is 0 Å². The minimum atomic E-state index is -0.0320. The van der Waals surface area contributed by atoms with E-state index in [2.05, 4.69) is 18.2 Å². The van der Waals surface area contributed by atoms with Gasteiger partial charge in [-0.05, 0) is 54.2 Å². The second kappa shape index (κ2) is 8.83. The van der Waals surface area contributed by atoms with Crippen molar-refractivity contribution in [3.8, 4) is 17.2 Å². The van der Waals surface area contributed by atoms with E-state index in [0.717, 1.165) is 24.8 Å². The minimum Gasteiger partial charge on any atom is -0.493 e. The molecule has 0 bridgehead atoms. The highest BCUT2D eigenvalue weighted by molar-refractivity contribution is 5.92. The molecule has 0 fully saturated rings. The van der Waals surface area contributed by atoms with E-state index in [1.165, 1.54) is 11.1 Å². The van der Waals surface area contributed by atoms with Gasteiger partial charge in [0.15, 0.2) is 11.5 Å². The lowest BCUT2D eigenvalue weighted by atomic mass is 9.87. The number of likely N-dealkylation sites (N-methyl/N-ethyl adjacent to an activating group) is 1. The number of amides is 1. The summed E-state index contributed by atoms with van der Waals surface area (Å²) >= 11 is 0. The van der Waals surface area contributed by atoms with Gasteiger partial charge in [0.2, 0.25) is 11.7 Å². The van der Waals surface area contributed by atoms with Crippen molar-refractivity contribution in [3.63, 3.8) is 0 Å². The summed E-state index contributed by atoms with van der Waals surface area (Å²) in [5, 5.41) is 0. The average Bonchev–Trinajstić information content (AvgIpc) is 2.75. The van der Waals surface area contributed by atoms with Gasteiger partial charge in [-0.3, -0.25) is 4.79 Å². The van der Waals surface area contributed by atoms with Gasteiger partial charge in [0, 0.05) is 13.1 Å². The maximum atomic E-state index is 12.8. The molecule has 3 rings (SSSR count). The number of carbonyl (C=O) groups excluding carboxylic acids is 1. The van der Waals surface area contributed by atoms with Crippen LogP contribution >= 0.6 is 0 Å². The summed E-state index contributed by atoms with van der Waals surface area (Å²) in [5.41, 5.74) is 3.40. The van der Waals surface area contributed by atoms with Crippen LogP contribution in [-0.2, 0) is 11.2 Å². The van der Waals surface area contributed by atoms with Crippen LogP contribution < -0.4 is 14.2 Å². The van der Waals surface area contributed by atoms with Crippen molar-refractivity contribution in [1.82, 2.24) is 4.90 Å². The van der Waals surface area contributed by atoms with Crippen molar-refractivity contribution in [2.75, 3.05) is 28.4 Å². The molecule has 0 N–H and O–H groups in total. The number of fused-ring (bicyclic) bond motifs is 1. The van der Waals surface area contributed by atoms with Crippen molar-refractivity contribution in [3.05, 3.63) is 59.2 Å². The van der Waals surface area contributed by atoms with Gasteiger partial charge in [-0.25, -0.2) is 0 Å². The third-order valence-electron chi connectivity index (χ3n) is 5.26. The van der Waals surface area contributed by atoms with Gasteiger partial charge in [-0.2, -0.15) is 0 Å². The van der Waals surface area contributed by atoms with Crippen LogP contribution in [0.25, 0.3) is 6.08 Å². The Hall–Kier alpha value is -2.95. The normalized spacial score (nSPS) is 15.8. The molecule has 0 aromatic heterocycles. The summed E-state index contributed by atoms with van der Waals surface area (Å²) in [4.78, 5) is 14.6. The maximum absolute atomic E-state index is 12.8. The monoisotopic (exact) mass is 381 g/mol.